The number of halogens is 2. The van der Waals surface area contributed by atoms with Crippen molar-refractivity contribution in [3.63, 3.8) is 0 Å². The van der Waals surface area contributed by atoms with Crippen LogP contribution in [-0.2, 0) is 6.42 Å². The first kappa shape index (κ1) is 13.1. The Bertz CT molecular complexity index is 625. The first-order chi connectivity index (χ1) is 9.02. The van der Waals surface area contributed by atoms with Crippen molar-refractivity contribution < 1.29 is 18.7 Å². The van der Waals surface area contributed by atoms with Crippen LogP contribution in [0.15, 0.2) is 18.2 Å². The number of carboxylic acid groups (broad SMARTS) is 1. The minimum Gasteiger partial charge on any atom is -0.475 e. The van der Waals surface area contributed by atoms with E-state index >= 15 is 0 Å². The van der Waals surface area contributed by atoms with Crippen molar-refractivity contribution in [2.75, 3.05) is 0 Å². The molecule has 0 aliphatic rings. The molecule has 0 aliphatic carbocycles. The van der Waals surface area contributed by atoms with Crippen LogP contribution >= 0.6 is 0 Å². The molecular formula is C12H11F2N3O2. The lowest BCUT2D eigenvalue weighted by Crippen LogP contribution is -2.06. The zero-order chi connectivity index (χ0) is 14.0. The van der Waals surface area contributed by atoms with Crippen molar-refractivity contribution in [1.29, 1.82) is 0 Å². The summed E-state index contributed by atoms with van der Waals surface area (Å²) in [6, 6.07) is 2.99. The SMILES string of the molecule is CCCc1nc(C(=O)O)nn1-c1ccc(F)cc1F. The number of hydrogen-bond acceptors (Lipinski definition) is 3. The minimum atomic E-state index is -1.29. The van der Waals surface area contributed by atoms with Crippen LogP contribution in [-0.4, -0.2) is 25.8 Å². The Labute approximate surface area is 107 Å². The molecule has 0 bridgehead atoms. The van der Waals surface area contributed by atoms with Gasteiger partial charge in [-0.3, -0.25) is 0 Å². The van der Waals surface area contributed by atoms with Gasteiger partial charge in [-0.2, -0.15) is 0 Å². The highest BCUT2D eigenvalue weighted by Gasteiger charge is 2.18. The average molecular weight is 267 g/mol. The third-order valence-electron chi connectivity index (χ3n) is 2.48. The molecule has 2 rings (SSSR count). The molecule has 2 aromatic rings. The van der Waals surface area contributed by atoms with Gasteiger partial charge in [-0.05, 0) is 18.6 Å². The fourth-order valence-corrected chi connectivity index (χ4v) is 1.67. The Kier molecular flexibility index (Phi) is 3.55. The lowest BCUT2D eigenvalue weighted by Gasteiger charge is -2.06. The number of carboxylic acids is 1. The number of nitrogens with zero attached hydrogens (tertiary/aromatic N) is 3. The van der Waals surface area contributed by atoms with Gasteiger partial charge in [0, 0.05) is 12.5 Å². The highest BCUT2D eigenvalue weighted by Crippen LogP contribution is 2.16. The maximum atomic E-state index is 13.7. The predicted octanol–water partition coefficient (Wildman–Crippen LogP) is 2.20. The highest BCUT2D eigenvalue weighted by molar-refractivity contribution is 5.83. The van der Waals surface area contributed by atoms with E-state index in [2.05, 4.69) is 10.1 Å². The zero-order valence-corrected chi connectivity index (χ0v) is 10.1. The van der Waals surface area contributed by atoms with Gasteiger partial charge in [-0.25, -0.2) is 23.2 Å². The molecule has 1 aromatic carbocycles. The lowest BCUT2D eigenvalue weighted by molar-refractivity contribution is 0.0683. The lowest BCUT2D eigenvalue weighted by atomic mass is 10.2. The van der Waals surface area contributed by atoms with E-state index in [4.69, 9.17) is 5.11 Å². The molecule has 1 N–H and O–H groups in total. The quantitative estimate of drug-likeness (QED) is 0.922. The molecule has 100 valence electrons. The van der Waals surface area contributed by atoms with Gasteiger partial charge in [0.15, 0.2) is 5.82 Å². The van der Waals surface area contributed by atoms with Crippen LogP contribution < -0.4 is 0 Å². The number of aromatic carboxylic acids is 1. The van der Waals surface area contributed by atoms with Crippen molar-refractivity contribution in [2.45, 2.75) is 19.8 Å². The monoisotopic (exact) mass is 267 g/mol. The summed E-state index contributed by atoms with van der Waals surface area (Å²) in [5.41, 5.74) is -0.0233. The van der Waals surface area contributed by atoms with E-state index in [1.807, 2.05) is 6.92 Å². The standard InChI is InChI=1S/C12H11F2N3O2/c1-2-3-10-15-11(12(18)19)16-17(10)9-5-4-7(13)6-8(9)14/h4-6H,2-3H2,1H3,(H,18,19). The van der Waals surface area contributed by atoms with Gasteiger partial charge in [0.05, 0.1) is 0 Å². The molecule has 1 aromatic heterocycles. The normalized spacial score (nSPS) is 10.7. The van der Waals surface area contributed by atoms with Crippen LogP contribution in [0.4, 0.5) is 8.78 Å². The number of benzene rings is 1. The van der Waals surface area contributed by atoms with Gasteiger partial charge >= 0.3 is 5.97 Å². The van der Waals surface area contributed by atoms with E-state index in [0.29, 0.717) is 24.7 Å². The van der Waals surface area contributed by atoms with Gasteiger partial charge in [-0.15, -0.1) is 5.10 Å². The first-order valence-corrected chi connectivity index (χ1v) is 5.67. The molecular weight excluding hydrogens is 256 g/mol. The number of carbonyl (C=O) groups is 1. The van der Waals surface area contributed by atoms with Crippen molar-refractivity contribution in [3.8, 4) is 5.69 Å². The maximum Gasteiger partial charge on any atom is 0.375 e. The van der Waals surface area contributed by atoms with Crippen molar-refractivity contribution in [2.24, 2.45) is 0 Å². The van der Waals surface area contributed by atoms with Gasteiger partial charge in [0.1, 0.15) is 17.3 Å². The van der Waals surface area contributed by atoms with E-state index < -0.39 is 23.4 Å². The van der Waals surface area contributed by atoms with E-state index in [9.17, 15) is 13.6 Å². The summed E-state index contributed by atoms with van der Waals surface area (Å²) in [4.78, 5) is 14.7. The van der Waals surface area contributed by atoms with Crippen molar-refractivity contribution in [1.82, 2.24) is 14.8 Å². The molecule has 0 saturated carbocycles. The van der Waals surface area contributed by atoms with Crippen LogP contribution in [0, 0.1) is 11.6 Å². The van der Waals surface area contributed by atoms with E-state index in [-0.39, 0.29) is 5.69 Å². The topological polar surface area (TPSA) is 68.0 Å². The fraction of sp³-hybridized carbons (Fsp3) is 0.250. The van der Waals surface area contributed by atoms with Crippen LogP contribution in [0.1, 0.15) is 29.8 Å². The summed E-state index contributed by atoms with van der Waals surface area (Å²) < 4.78 is 27.7. The summed E-state index contributed by atoms with van der Waals surface area (Å²) >= 11 is 0. The second-order valence-corrected chi connectivity index (χ2v) is 3.91. The predicted molar refractivity (Wildman–Crippen MR) is 62.2 cm³/mol. The van der Waals surface area contributed by atoms with Gasteiger partial charge in [0.2, 0.25) is 0 Å². The molecule has 0 saturated heterocycles. The fourth-order valence-electron chi connectivity index (χ4n) is 1.67. The Hall–Kier alpha value is -2.31. The summed E-state index contributed by atoms with van der Waals surface area (Å²) in [5, 5.41) is 12.6. The smallest absolute Gasteiger partial charge is 0.375 e. The second kappa shape index (κ2) is 5.13. The van der Waals surface area contributed by atoms with E-state index in [0.717, 1.165) is 10.7 Å². The maximum absolute atomic E-state index is 13.7. The molecule has 7 heteroatoms. The highest BCUT2D eigenvalue weighted by atomic mass is 19.1. The Morgan fingerprint density at radius 1 is 1.42 bits per heavy atom. The van der Waals surface area contributed by atoms with Crippen molar-refractivity contribution in [3.05, 3.63) is 41.5 Å². The molecule has 0 unspecified atom stereocenters. The molecule has 0 radical (unpaired) electrons. The van der Waals surface area contributed by atoms with Crippen LogP contribution in [0.2, 0.25) is 0 Å². The van der Waals surface area contributed by atoms with Crippen LogP contribution in [0.25, 0.3) is 5.69 Å². The molecule has 5 nitrogen and oxygen atoms in total. The van der Waals surface area contributed by atoms with Crippen LogP contribution in [0.5, 0.6) is 0 Å². The summed E-state index contributed by atoms with van der Waals surface area (Å²) in [6.07, 6.45) is 1.14. The Morgan fingerprint density at radius 2 is 2.16 bits per heavy atom. The number of aromatic nitrogens is 3. The van der Waals surface area contributed by atoms with Gasteiger partial charge in [-0.1, -0.05) is 6.92 Å². The van der Waals surface area contributed by atoms with Gasteiger partial charge < -0.3 is 5.11 Å². The van der Waals surface area contributed by atoms with E-state index in [1.54, 1.807) is 0 Å². The number of aryl methyl sites for hydroxylation is 1. The zero-order valence-electron chi connectivity index (χ0n) is 10.1. The second-order valence-electron chi connectivity index (χ2n) is 3.91. The Morgan fingerprint density at radius 3 is 2.74 bits per heavy atom. The summed E-state index contributed by atoms with van der Waals surface area (Å²) in [5.74, 6) is -2.91. The van der Waals surface area contributed by atoms with Crippen molar-refractivity contribution >= 4 is 5.97 Å². The third-order valence-corrected chi connectivity index (χ3v) is 2.48. The summed E-state index contributed by atoms with van der Waals surface area (Å²) in [7, 11) is 0. The molecule has 0 atom stereocenters. The van der Waals surface area contributed by atoms with Crippen LogP contribution in [0.3, 0.4) is 0 Å². The largest absolute Gasteiger partial charge is 0.475 e. The number of hydrogen-bond donors (Lipinski definition) is 1. The first-order valence-electron chi connectivity index (χ1n) is 5.67. The summed E-state index contributed by atoms with van der Waals surface area (Å²) in [6.45, 7) is 1.88. The van der Waals surface area contributed by atoms with Gasteiger partial charge in [0.25, 0.3) is 5.82 Å². The molecule has 0 spiro atoms. The third kappa shape index (κ3) is 2.59. The minimum absolute atomic E-state index is 0.0233. The molecule has 1 heterocycles. The van der Waals surface area contributed by atoms with E-state index in [1.165, 1.54) is 6.07 Å². The molecule has 19 heavy (non-hydrogen) atoms. The Balaban J connectivity index is 2.56. The molecule has 0 aliphatic heterocycles. The molecule has 0 amide bonds. The average Bonchev–Trinajstić information content (AvgIpc) is 2.74. The number of rotatable bonds is 4. The molecule has 0 fully saturated rings.